The third kappa shape index (κ3) is 4.19. The molecule has 0 amide bonds. The van der Waals surface area contributed by atoms with Crippen molar-refractivity contribution in [1.82, 2.24) is 4.98 Å². The molecule has 2 rings (SSSR count). The lowest BCUT2D eigenvalue weighted by Crippen LogP contribution is -2.18. The van der Waals surface area contributed by atoms with Crippen LogP contribution in [0.15, 0.2) is 54.7 Å². The van der Waals surface area contributed by atoms with Crippen LogP contribution in [0.4, 0.5) is 0 Å². The smallest absolute Gasteiger partial charge is 0.308 e. The molecule has 0 fully saturated rings. The second-order valence-electron chi connectivity index (χ2n) is 4.21. The van der Waals surface area contributed by atoms with E-state index in [9.17, 15) is 4.79 Å². The van der Waals surface area contributed by atoms with Gasteiger partial charge in [0.25, 0.3) is 0 Å². The van der Waals surface area contributed by atoms with E-state index in [1.807, 2.05) is 42.5 Å². The van der Waals surface area contributed by atoms with Gasteiger partial charge in [-0.3, -0.25) is 9.78 Å². The van der Waals surface area contributed by atoms with Gasteiger partial charge < -0.3 is 10.5 Å². The summed E-state index contributed by atoms with van der Waals surface area (Å²) in [4.78, 5) is 15.8. The third-order valence-corrected chi connectivity index (χ3v) is 2.70. The van der Waals surface area contributed by atoms with Gasteiger partial charge in [-0.25, -0.2) is 0 Å². The molecule has 0 aliphatic rings. The zero-order valence-corrected chi connectivity index (χ0v) is 10.5. The van der Waals surface area contributed by atoms with Crippen LogP contribution >= 0.6 is 0 Å². The summed E-state index contributed by atoms with van der Waals surface area (Å²) in [5, 5.41) is 0. The van der Waals surface area contributed by atoms with E-state index in [1.165, 1.54) is 0 Å². The zero-order chi connectivity index (χ0) is 13.5. The number of benzene rings is 1. The van der Waals surface area contributed by atoms with Crippen LogP contribution in [-0.2, 0) is 16.1 Å². The van der Waals surface area contributed by atoms with Gasteiger partial charge in [0.1, 0.15) is 6.61 Å². The molecule has 4 heteroatoms. The fourth-order valence-electron chi connectivity index (χ4n) is 1.68. The number of nitrogens with two attached hydrogens (primary N) is 1. The van der Waals surface area contributed by atoms with E-state index >= 15 is 0 Å². The van der Waals surface area contributed by atoms with Crippen molar-refractivity contribution in [3.05, 3.63) is 66.0 Å². The van der Waals surface area contributed by atoms with Crippen molar-refractivity contribution >= 4 is 5.97 Å². The summed E-state index contributed by atoms with van der Waals surface area (Å²) in [5.41, 5.74) is 7.56. The Labute approximate surface area is 112 Å². The number of carbonyl (C=O) groups is 1. The molecule has 1 atom stereocenters. The van der Waals surface area contributed by atoms with E-state index < -0.39 is 6.04 Å². The van der Waals surface area contributed by atoms with Crippen LogP contribution in [0, 0.1) is 0 Å². The fourth-order valence-corrected chi connectivity index (χ4v) is 1.68. The Kier molecular flexibility index (Phi) is 4.64. The van der Waals surface area contributed by atoms with Crippen molar-refractivity contribution in [2.75, 3.05) is 0 Å². The Morgan fingerprint density at radius 1 is 1.16 bits per heavy atom. The first-order chi connectivity index (χ1) is 9.25. The highest BCUT2D eigenvalue weighted by molar-refractivity contribution is 5.70. The predicted octanol–water partition coefficient (Wildman–Crippen LogP) is 2.21. The third-order valence-electron chi connectivity index (χ3n) is 2.70. The number of ether oxygens (including phenoxy) is 1. The Morgan fingerprint density at radius 3 is 2.58 bits per heavy atom. The molecule has 0 saturated heterocycles. The number of carbonyl (C=O) groups excluding carboxylic acids is 1. The normalized spacial score (nSPS) is 11.8. The van der Waals surface area contributed by atoms with Crippen LogP contribution in [0.5, 0.6) is 0 Å². The van der Waals surface area contributed by atoms with Crippen molar-refractivity contribution in [1.29, 1.82) is 0 Å². The predicted molar refractivity (Wildman–Crippen MR) is 72.0 cm³/mol. The number of hydrogen-bond acceptors (Lipinski definition) is 4. The van der Waals surface area contributed by atoms with Gasteiger partial charge in [0.15, 0.2) is 0 Å². The number of aromatic nitrogens is 1. The lowest BCUT2D eigenvalue weighted by Gasteiger charge is -2.10. The first-order valence-electron chi connectivity index (χ1n) is 6.12. The van der Waals surface area contributed by atoms with Gasteiger partial charge in [-0.2, -0.15) is 0 Å². The largest absolute Gasteiger partial charge is 0.461 e. The van der Waals surface area contributed by atoms with Crippen molar-refractivity contribution in [3.63, 3.8) is 0 Å². The average molecular weight is 256 g/mol. The first-order valence-corrected chi connectivity index (χ1v) is 6.12. The summed E-state index contributed by atoms with van der Waals surface area (Å²) >= 11 is 0. The van der Waals surface area contributed by atoms with E-state index in [1.54, 1.807) is 12.3 Å². The van der Waals surface area contributed by atoms with Crippen LogP contribution < -0.4 is 5.73 Å². The lowest BCUT2D eigenvalue weighted by atomic mass is 10.1. The van der Waals surface area contributed by atoms with Crippen LogP contribution in [0.1, 0.15) is 23.7 Å². The molecule has 0 bridgehead atoms. The summed E-state index contributed by atoms with van der Waals surface area (Å²) in [5.74, 6) is -0.318. The molecule has 19 heavy (non-hydrogen) atoms. The molecule has 1 aromatic carbocycles. The highest BCUT2D eigenvalue weighted by atomic mass is 16.5. The SMILES string of the molecule is NC(CC(=O)OCc1ccccc1)c1ccccn1. The number of nitrogens with zero attached hydrogens (tertiary/aromatic N) is 1. The second kappa shape index (κ2) is 6.66. The molecule has 98 valence electrons. The molecular formula is C15H16N2O2. The van der Waals surface area contributed by atoms with Crippen molar-refractivity contribution in [2.45, 2.75) is 19.1 Å². The van der Waals surface area contributed by atoms with Gasteiger partial charge in [-0.15, -0.1) is 0 Å². The molecule has 0 aliphatic heterocycles. The quantitative estimate of drug-likeness (QED) is 0.833. The Morgan fingerprint density at radius 2 is 1.89 bits per heavy atom. The highest BCUT2D eigenvalue weighted by Crippen LogP contribution is 2.12. The maximum Gasteiger partial charge on any atom is 0.308 e. The highest BCUT2D eigenvalue weighted by Gasteiger charge is 2.13. The summed E-state index contributed by atoms with van der Waals surface area (Å²) in [6.07, 6.45) is 1.79. The molecule has 0 spiro atoms. The fraction of sp³-hybridized carbons (Fsp3) is 0.200. The molecule has 1 heterocycles. The van der Waals surface area contributed by atoms with E-state index in [4.69, 9.17) is 10.5 Å². The van der Waals surface area contributed by atoms with E-state index in [-0.39, 0.29) is 19.0 Å². The average Bonchev–Trinajstić information content (AvgIpc) is 2.47. The summed E-state index contributed by atoms with van der Waals surface area (Å²) in [7, 11) is 0. The number of rotatable bonds is 5. The zero-order valence-electron chi connectivity index (χ0n) is 10.5. The molecule has 0 radical (unpaired) electrons. The Hall–Kier alpha value is -2.20. The van der Waals surface area contributed by atoms with Crippen LogP contribution in [0.25, 0.3) is 0 Å². The van der Waals surface area contributed by atoms with Gasteiger partial charge in [-0.1, -0.05) is 36.4 Å². The second-order valence-corrected chi connectivity index (χ2v) is 4.21. The van der Waals surface area contributed by atoms with Crippen molar-refractivity contribution in [2.24, 2.45) is 5.73 Å². The summed E-state index contributed by atoms with van der Waals surface area (Å²) in [6.45, 7) is 0.272. The maximum atomic E-state index is 11.7. The first kappa shape index (κ1) is 13.2. The topological polar surface area (TPSA) is 65.2 Å². The Bertz CT molecular complexity index is 514. The lowest BCUT2D eigenvalue weighted by molar-refractivity contribution is -0.145. The summed E-state index contributed by atoms with van der Waals surface area (Å²) in [6, 6.07) is 14.6. The van der Waals surface area contributed by atoms with E-state index in [0.29, 0.717) is 5.69 Å². The minimum Gasteiger partial charge on any atom is -0.461 e. The molecule has 0 aliphatic carbocycles. The Balaban J connectivity index is 1.82. The molecule has 1 unspecified atom stereocenters. The number of pyridine rings is 1. The maximum absolute atomic E-state index is 11.7. The molecule has 0 saturated carbocycles. The minimum atomic E-state index is -0.426. The number of esters is 1. The number of hydrogen-bond donors (Lipinski definition) is 1. The van der Waals surface area contributed by atoms with Crippen LogP contribution in [0.3, 0.4) is 0 Å². The molecule has 2 N–H and O–H groups in total. The monoisotopic (exact) mass is 256 g/mol. The van der Waals surface area contributed by atoms with Crippen LogP contribution in [-0.4, -0.2) is 11.0 Å². The molecular weight excluding hydrogens is 240 g/mol. The van der Waals surface area contributed by atoms with E-state index in [0.717, 1.165) is 5.56 Å². The van der Waals surface area contributed by atoms with Gasteiger partial charge in [-0.05, 0) is 17.7 Å². The van der Waals surface area contributed by atoms with E-state index in [2.05, 4.69) is 4.98 Å². The van der Waals surface area contributed by atoms with Gasteiger partial charge in [0.05, 0.1) is 18.2 Å². The molecule has 2 aromatic rings. The minimum absolute atomic E-state index is 0.129. The van der Waals surface area contributed by atoms with Gasteiger partial charge >= 0.3 is 5.97 Å². The van der Waals surface area contributed by atoms with Gasteiger partial charge in [0, 0.05) is 6.20 Å². The summed E-state index contributed by atoms with van der Waals surface area (Å²) < 4.78 is 5.17. The molecule has 4 nitrogen and oxygen atoms in total. The molecule has 1 aromatic heterocycles. The standard InChI is InChI=1S/C15H16N2O2/c16-13(14-8-4-5-9-17-14)10-15(18)19-11-12-6-2-1-3-7-12/h1-9,13H,10-11,16H2. The van der Waals surface area contributed by atoms with Gasteiger partial charge in [0.2, 0.25) is 0 Å². The van der Waals surface area contributed by atoms with Crippen molar-refractivity contribution < 1.29 is 9.53 Å². The van der Waals surface area contributed by atoms with Crippen LogP contribution in [0.2, 0.25) is 0 Å². The van der Waals surface area contributed by atoms with Crippen molar-refractivity contribution in [3.8, 4) is 0 Å².